The lowest BCUT2D eigenvalue weighted by molar-refractivity contribution is 0.102. The molecule has 2 heterocycles. The number of fused-ring (bicyclic) bond motifs is 1. The first kappa shape index (κ1) is 22.6. The zero-order valence-corrected chi connectivity index (χ0v) is 20.4. The van der Waals surface area contributed by atoms with Crippen molar-refractivity contribution in [2.45, 2.75) is 13.8 Å². The van der Waals surface area contributed by atoms with Gasteiger partial charge < -0.3 is 14.8 Å². The highest BCUT2D eigenvalue weighted by molar-refractivity contribution is 7.12. The highest BCUT2D eigenvalue weighted by Crippen LogP contribution is 2.31. The Kier molecular flexibility index (Phi) is 6.20. The fraction of sp³-hybridized carbons (Fsp3) is 0.148. The first-order chi connectivity index (χ1) is 17.1. The molecule has 1 amide bonds. The summed E-state index contributed by atoms with van der Waals surface area (Å²) in [5.74, 6) is 1.58. The van der Waals surface area contributed by atoms with Crippen LogP contribution in [-0.4, -0.2) is 34.4 Å². The van der Waals surface area contributed by atoms with Crippen LogP contribution in [0.2, 0.25) is 0 Å². The largest absolute Gasteiger partial charge is 0.497 e. The summed E-state index contributed by atoms with van der Waals surface area (Å²) in [5.41, 5.74) is 3.01. The first-order valence-electron chi connectivity index (χ1n) is 11.2. The molecule has 0 bridgehead atoms. The van der Waals surface area contributed by atoms with Crippen molar-refractivity contribution >= 4 is 33.8 Å². The van der Waals surface area contributed by atoms with Gasteiger partial charge in [-0.05, 0) is 42.8 Å². The molecule has 0 radical (unpaired) electrons. The van der Waals surface area contributed by atoms with E-state index in [0.29, 0.717) is 28.9 Å². The first-order valence-corrected chi connectivity index (χ1v) is 12.1. The van der Waals surface area contributed by atoms with E-state index in [1.807, 2.05) is 86.0 Å². The number of amides is 1. The molecular weight excluding hydrogens is 460 g/mol. The van der Waals surface area contributed by atoms with Gasteiger partial charge in [0.2, 0.25) is 5.13 Å². The quantitative estimate of drug-likeness (QED) is 0.301. The number of carbonyl (C=O) groups excluding carboxylic acids is 1. The number of hydrogen-bond donors (Lipinski definition) is 1. The molecule has 2 aromatic heterocycles. The molecule has 0 unspecified atom stereocenters. The van der Waals surface area contributed by atoms with Crippen molar-refractivity contribution in [3.63, 3.8) is 0 Å². The molecular formula is C27H24N4O3S. The van der Waals surface area contributed by atoms with E-state index in [2.05, 4.69) is 10.4 Å². The van der Waals surface area contributed by atoms with Crippen LogP contribution in [0.4, 0.5) is 5.82 Å². The van der Waals surface area contributed by atoms with Gasteiger partial charge in [0, 0.05) is 17.0 Å². The maximum absolute atomic E-state index is 13.6. The van der Waals surface area contributed by atoms with E-state index in [4.69, 9.17) is 14.5 Å². The van der Waals surface area contributed by atoms with Gasteiger partial charge in [0.05, 0.1) is 30.7 Å². The van der Waals surface area contributed by atoms with Crippen molar-refractivity contribution in [1.82, 2.24) is 14.8 Å². The normalized spacial score (nSPS) is 10.9. The van der Waals surface area contributed by atoms with Crippen LogP contribution in [-0.2, 0) is 0 Å². The monoisotopic (exact) mass is 484 g/mol. The third-order valence-corrected chi connectivity index (χ3v) is 6.35. The summed E-state index contributed by atoms with van der Waals surface area (Å²) in [5, 5.41) is 12.0. The maximum Gasteiger partial charge on any atom is 0.261 e. The molecule has 0 saturated heterocycles. The number of hydrogen-bond acceptors (Lipinski definition) is 6. The van der Waals surface area contributed by atoms with Gasteiger partial charge in [-0.3, -0.25) is 4.79 Å². The van der Waals surface area contributed by atoms with E-state index in [0.717, 1.165) is 33.5 Å². The van der Waals surface area contributed by atoms with E-state index < -0.39 is 0 Å². The highest BCUT2D eigenvalue weighted by atomic mass is 32.1. The molecule has 0 saturated carbocycles. The Morgan fingerprint density at radius 1 is 1.09 bits per heavy atom. The van der Waals surface area contributed by atoms with Gasteiger partial charge in [0.1, 0.15) is 17.3 Å². The summed E-state index contributed by atoms with van der Waals surface area (Å²) in [4.78, 5) is 18.3. The predicted molar refractivity (Wildman–Crippen MR) is 139 cm³/mol. The fourth-order valence-electron chi connectivity index (χ4n) is 3.95. The van der Waals surface area contributed by atoms with Crippen molar-refractivity contribution in [2.75, 3.05) is 19.0 Å². The second kappa shape index (κ2) is 9.60. The number of anilines is 1. The number of aryl methyl sites for hydroxylation is 1. The summed E-state index contributed by atoms with van der Waals surface area (Å²) >= 11 is 1.45. The van der Waals surface area contributed by atoms with Crippen molar-refractivity contribution in [2.24, 2.45) is 0 Å². The van der Waals surface area contributed by atoms with Crippen LogP contribution >= 0.6 is 11.3 Å². The molecule has 8 heteroatoms. The second-order valence-electron chi connectivity index (χ2n) is 7.88. The molecule has 0 fully saturated rings. The second-order valence-corrected chi connectivity index (χ2v) is 8.71. The van der Waals surface area contributed by atoms with Crippen LogP contribution in [0.1, 0.15) is 23.0 Å². The van der Waals surface area contributed by atoms with E-state index >= 15 is 0 Å². The summed E-state index contributed by atoms with van der Waals surface area (Å²) in [6.45, 7) is 4.24. The molecule has 35 heavy (non-hydrogen) atoms. The Morgan fingerprint density at radius 3 is 2.77 bits per heavy atom. The third kappa shape index (κ3) is 4.48. The zero-order chi connectivity index (χ0) is 24.4. The third-order valence-electron chi connectivity index (χ3n) is 5.53. The van der Waals surface area contributed by atoms with E-state index in [1.165, 1.54) is 11.3 Å². The number of ether oxygens (including phenoxy) is 2. The maximum atomic E-state index is 13.6. The van der Waals surface area contributed by atoms with E-state index in [9.17, 15) is 4.79 Å². The fourth-order valence-corrected chi connectivity index (χ4v) is 4.75. The number of nitrogens with zero attached hydrogens (tertiary/aromatic N) is 3. The van der Waals surface area contributed by atoms with Crippen LogP contribution in [0.3, 0.4) is 0 Å². The number of thiazole rings is 1. The molecule has 3 aromatic carbocycles. The lowest BCUT2D eigenvalue weighted by Gasteiger charge is -2.14. The number of benzene rings is 3. The molecule has 7 nitrogen and oxygen atoms in total. The minimum atomic E-state index is -0.268. The molecule has 1 N–H and O–H groups in total. The van der Waals surface area contributed by atoms with Gasteiger partial charge in [-0.1, -0.05) is 42.5 Å². The van der Waals surface area contributed by atoms with Crippen molar-refractivity contribution in [3.8, 4) is 27.9 Å². The Morgan fingerprint density at radius 2 is 1.94 bits per heavy atom. The number of nitrogens with one attached hydrogen (secondary N) is 1. The molecule has 0 spiro atoms. The molecule has 0 aliphatic rings. The molecule has 0 aliphatic carbocycles. The molecule has 176 valence electrons. The molecule has 5 rings (SSSR count). The topological polar surface area (TPSA) is 78.3 Å². The summed E-state index contributed by atoms with van der Waals surface area (Å²) in [6, 6.07) is 21.1. The van der Waals surface area contributed by atoms with Gasteiger partial charge in [-0.15, -0.1) is 11.3 Å². The Balaban J connectivity index is 1.50. The average Bonchev–Trinajstić information content (AvgIpc) is 3.50. The molecule has 0 aliphatic heterocycles. The van der Waals surface area contributed by atoms with Gasteiger partial charge in [0.15, 0.2) is 0 Å². The van der Waals surface area contributed by atoms with Crippen LogP contribution in [0.15, 0.2) is 72.1 Å². The summed E-state index contributed by atoms with van der Waals surface area (Å²) in [6.07, 6.45) is 0. The van der Waals surface area contributed by atoms with Crippen LogP contribution in [0, 0.1) is 6.92 Å². The zero-order valence-electron chi connectivity index (χ0n) is 19.6. The van der Waals surface area contributed by atoms with Crippen molar-refractivity contribution in [1.29, 1.82) is 0 Å². The van der Waals surface area contributed by atoms with Gasteiger partial charge in [-0.25, -0.2) is 4.98 Å². The van der Waals surface area contributed by atoms with Crippen LogP contribution in [0.25, 0.3) is 27.2 Å². The van der Waals surface area contributed by atoms with E-state index in [1.54, 1.807) is 11.8 Å². The Bertz CT molecular complexity index is 1520. The minimum absolute atomic E-state index is 0.268. The van der Waals surface area contributed by atoms with Crippen LogP contribution < -0.4 is 14.8 Å². The predicted octanol–water partition coefficient (Wildman–Crippen LogP) is 6.12. The Hall–Kier alpha value is -4.17. The number of carbonyl (C=O) groups is 1. The summed E-state index contributed by atoms with van der Waals surface area (Å²) in [7, 11) is 1.64. The summed E-state index contributed by atoms with van der Waals surface area (Å²) < 4.78 is 12.8. The minimum Gasteiger partial charge on any atom is -0.497 e. The Labute approximate surface area is 207 Å². The van der Waals surface area contributed by atoms with E-state index in [-0.39, 0.29) is 5.91 Å². The number of aromatic nitrogens is 3. The standard InChI is InChI=1S/C27H24N4O3S/c1-4-34-23-13-12-18-8-5-6-11-21(18)25(23)26(32)29-24-14-17(2)30-31(24)27-28-22(16-35-27)19-9-7-10-20(15-19)33-3/h5-16H,4H2,1-3H3,(H,29,32). The van der Waals surface area contributed by atoms with Crippen molar-refractivity contribution in [3.05, 3.63) is 83.4 Å². The number of methoxy groups -OCH3 is 1. The SMILES string of the molecule is CCOc1ccc2ccccc2c1C(=O)Nc1cc(C)nn1-c1nc(-c2cccc(OC)c2)cs1. The lowest BCUT2D eigenvalue weighted by atomic mass is 10.0. The lowest BCUT2D eigenvalue weighted by Crippen LogP contribution is -2.17. The van der Waals surface area contributed by atoms with Gasteiger partial charge in [0.25, 0.3) is 5.91 Å². The van der Waals surface area contributed by atoms with Crippen LogP contribution in [0.5, 0.6) is 11.5 Å². The highest BCUT2D eigenvalue weighted by Gasteiger charge is 2.20. The van der Waals surface area contributed by atoms with Crippen molar-refractivity contribution < 1.29 is 14.3 Å². The van der Waals surface area contributed by atoms with Gasteiger partial charge in [-0.2, -0.15) is 9.78 Å². The number of rotatable bonds is 7. The van der Waals surface area contributed by atoms with Gasteiger partial charge >= 0.3 is 0 Å². The molecule has 5 aromatic rings. The average molecular weight is 485 g/mol. The smallest absolute Gasteiger partial charge is 0.261 e. The molecule has 0 atom stereocenters.